The number of benzene rings is 3. The smallest absolute Gasteiger partial charge is 0.294 e. The standard InChI is InChI=1S/C23H18F3N3O/c24-23(25,26)18-11-13-19(14-12-18)29-20(17-9-5-2-6-10-17)21(28-22(29)30)27-15-16-7-3-1-4-8-16/h1-14,20H,15H2,(H,27,28,30). The van der Waals surface area contributed by atoms with Crippen LogP contribution in [-0.4, -0.2) is 11.9 Å². The van der Waals surface area contributed by atoms with E-state index in [1.165, 1.54) is 17.0 Å². The minimum absolute atomic E-state index is 0.360. The van der Waals surface area contributed by atoms with Crippen molar-refractivity contribution >= 4 is 17.6 Å². The molecule has 1 heterocycles. The highest BCUT2D eigenvalue weighted by Crippen LogP contribution is 2.35. The van der Waals surface area contributed by atoms with Gasteiger partial charge in [-0.05, 0) is 35.4 Å². The van der Waals surface area contributed by atoms with Gasteiger partial charge in [-0.3, -0.25) is 15.2 Å². The van der Waals surface area contributed by atoms with Gasteiger partial charge in [0.1, 0.15) is 11.9 Å². The van der Waals surface area contributed by atoms with Gasteiger partial charge in [-0.25, -0.2) is 4.79 Å². The van der Waals surface area contributed by atoms with Crippen LogP contribution in [0.3, 0.4) is 0 Å². The zero-order chi connectivity index (χ0) is 21.1. The maximum absolute atomic E-state index is 12.9. The molecule has 7 heteroatoms. The number of hydrogen-bond donors (Lipinski definition) is 1. The first-order chi connectivity index (χ1) is 14.4. The van der Waals surface area contributed by atoms with Crippen molar-refractivity contribution in [3.8, 4) is 0 Å². The molecule has 4 nitrogen and oxygen atoms in total. The van der Waals surface area contributed by atoms with Crippen LogP contribution in [0.15, 0.2) is 89.9 Å². The Morgan fingerprint density at radius 3 is 2.07 bits per heavy atom. The van der Waals surface area contributed by atoms with Crippen LogP contribution in [0.25, 0.3) is 0 Å². The minimum atomic E-state index is -4.44. The van der Waals surface area contributed by atoms with E-state index in [0.717, 1.165) is 23.3 Å². The van der Waals surface area contributed by atoms with Crippen molar-refractivity contribution < 1.29 is 18.0 Å². The van der Waals surface area contributed by atoms with E-state index in [2.05, 4.69) is 10.3 Å². The highest BCUT2D eigenvalue weighted by molar-refractivity contribution is 6.16. The van der Waals surface area contributed by atoms with Gasteiger partial charge in [-0.15, -0.1) is 0 Å². The van der Waals surface area contributed by atoms with Gasteiger partial charge in [0.25, 0.3) is 0 Å². The average molecular weight is 409 g/mol. The molecule has 1 N–H and O–H groups in total. The number of halogens is 3. The Balaban J connectivity index is 1.71. The van der Waals surface area contributed by atoms with Gasteiger partial charge in [-0.2, -0.15) is 13.2 Å². The zero-order valence-electron chi connectivity index (χ0n) is 15.8. The summed E-state index contributed by atoms with van der Waals surface area (Å²) < 4.78 is 38.8. The number of urea groups is 1. The third kappa shape index (κ3) is 4.05. The van der Waals surface area contributed by atoms with Crippen molar-refractivity contribution in [2.45, 2.75) is 18.8 Å². The molecule has 1 aliphatic rings. The van der Waals surface area contributed by atoms with Crippen LogP contribution < -0.4 is 10.2 Å². The summed E-state index contributed by atoms with van der Waals surface area (Å²) in [6.07, 6.45) is -4.44. The number of nitrogens with zero attached hydrogens (tertiary/aromatic N) is 2. The third-order valence-electron chi connectivity index (χ3n) is 4.83. The predicted octanol–water partition coefficient (Wildman–Crippen LogP) is 5.58. The fourth-order valence-corrected chi connectivity index (χ4v) is 3.38. The number of amides is 2. The van der Waals surface area contributed by atoms with Gasteiger partial charge < -0.3 is 0 Å². The Hall–Kier alpha value is -3.61. The molecular formula is C23H18F3N3O. The summed E-state index contributed by atoms with van der Waals surface area (Å²) in [5.41, 5.74) is 1.39. The van der Waals surface area contributed by atoms with Gasteiger partial charge in [0.05, 0.1) is 12.1 Å². The third-order valence-corrected chi connectivity index (χ3v) is 4.83. The average Bonchev–Trinajstić information content (AvgIpc) is 3.09. The van der Waals surface area contributed by atoms with E-state index in [0.29, 0.717) is 18.1 Å². The van der Waals surface area contributed by atoms with Crippen molar-refractivity contribution in [2.24, 2.45) is 4.99 Å². The molecule has 1 aliphatic heterocycles. The monoisotopic (exact) mass is 409 g/mol. The topological polar surface area (TPSA) is 44.7 Å². The summed E-state index contributed by atoms with van der Waals surface area (Å²) in [7, 11) is 0. The Morgan fingerprint density at radius 1 is 0.867 bits per heavy atom. The molecule has 0 bridgehead atoms. The van der Waals surface area contributed by atoms with Crippen molar-refractivity contribution in [1.82, 2.24) is 5.32 Å². The summed E-state index contributed by atoms with van der Waals surface area (Å²) in [6.45, 7) is 0.376. The van der Waals surface area contributed by atoms with Crippen molar-refractivity contribution in [3.05, 3.63) is 102 Å². The molecule has 3 aromatic rings. The Labute approximate surface area is 171 Å². The number of aliphatic imine (C=N–C) groups is 1. The van der Waals surface area contributed by atoms with Crippen molar-refractivity contribution in [3.63, 3.8) is 0 Å². The molecule has 1 atom stereocenters. The zero-order valence-corrected chi connectivity index (χ0v) is 15.8. The molecule has 0 saturated carbocycles. The molecule has 0 aromatic heterocycles. The second-order valence-corrected chi connectivity index (χ2v) is 6.85. The molecule has 2 amide bonds. The number of anilines is 1. The van der Waals surface area contributed by atoms with E-state index in [1.54, 1.807) is 0 Å². The number of nitrogens with one attached hydrogen (secondary N) is 1. The molecule has 0 aliphatic carbocycles. The van der Waals surface area contributed by atoms with E-state index < -0.39 is 23.8 Å². The molecule has 1 saturated heterocycles. The molecule has 1 fully saturated rings. The molecule has 1 unspecified atom stereocenters. The number of hydrogen-bond acceptors (Lipinski definition) is 2. The number of carbonyl (C=O) groups excluding carboxylic acids is 1. The largest absolute Gasteiger partial charge is 0.416 e. The fraction of sp³-hybridized carbons (Fsp3) is 0.130. The lowest BCUT2D eigenvalue weighted by molar-refractivity contribution is -0.137. The predicted molar refractivity (Wildman–Crippen MR) is 109 cm³/mol. The normalized spacial score (nSPS) is 18.0. The lowest BCUT2D eigenvalue weighted by Gasteiger charge is -2.24. The SMILES string of the molecule is O=C1NC(=NCc2ccccc2)C(c2ccccc2)N1c1ccc(C(F)(F)F)cc1. The van der Waals surface area contributed by atoms with E-state index in [4.69, 9.17) is 0 Å². The van der Waals surface area contributed by atoms with E-state index >= 15 is 0 Å². The van der Waals surface area contributed by atoms with Gasteiger partial charge in [0.2, 0.25) is 0 Å². The van der Waals surface area contributed by atoms with Crippen LogP contribution >= 0.6 is 0 Å². The lowest BCUT2D eigenvalue weighted by Crippen LogP contribution is -2.29. The lowest BCUT2D eigenvalue weighted by atomic mass is 10.0. The molecule has 4 rings (SSSR count). The van der Waals surface area contributed by atoms with E-state index in [-0.39, 0.29) is 0 Å². The van der Waals surface area contributed by atoms with Gasteiger partial charge in [0, 0.05) is 5.69 Å². The second kappa shape index (κ2) is 8.02. The van der Waals surface area contributed by atoms with Crippen LogP contribution in [-0.2, 0) is 12.7 Å². The molecule has 0 radical (unpaired) electrons. The minimum Gasteiger partial charge on any atom is -0.294 e. The van der Waals surface area contributed by atoms with Crippen molar-refractivity contribution in [1.29, 1.82) is 0 Å². The van der Waals surface area contributed by atoms with Gasteiger partial charge in [0.15, 0.2) is 0 Å². The number of carbonyl (C=O) groups is 1. The van der Waals surface area contributed by atoms with Gasteiger partial charge in [-0.1, -0.05) is 60.7 Å². The maximum atomic E-state index is 12.9. The molecular weight excluding hydrogens is 391 g/mol. The Morgan fingerprint density at radius 2 is 1.47 bits per heavy atom. The van der Waals surface area contributed by atoms with Gasteiger partial charge >= 0.3 is 12.2 Å². The highest BCUT2D eigenvalue weighted by Gasteiger charge is 2.39. The molecule has 152 valence electrons. The van der Waals surface area contributed by atoms with Crippen LogP contribution in [0, 0.1) is 0 Å². The Kier molecular flexibility index (Phi) is 5.27. The van der Waals surface area contributed by atoms with E-state index in [9.17, 15) is 18.0 Å². The van der Waals surface area contributed by atoms with Crippen LogP contribution in [0.5, 0.6) is 0 Å². The van der Waals surface area contributed by atoms with Crippen molar-refractivity contribution in [2.75, 3.05) is 4.90 Å². The fourth-order valence-electron chi connectivity index (χ4n) is 3.38. The summed E-state index contributed by atoms with van der Waals surface area (Å²) in [6, 6.07) is 22.4. The molecule has 30 heavy (non-hydrogen) atoms. The maximum Gasteiger partial charge on any atom is 0.416 e. The number of alkyl halides is 3. The van der Waals surface area contributed by atoms with E-state index in [1.807, 2.05) is 60.7 Å². The molecule has 3 aromatic carbocycles. The van der Waals surface area contributed by atoms with Crippen LogP contribution in [0.2, 0.25) is 0 Å². The summed E-state index contributed by atoms with van der Waals surface area (Å²) in [5.74, 6) is 0.454. The number of amidine groups is 1. The second-order valence-electron chi connectivity index (χ2n) is 6.85. The summed E-state index contributed by atoms with van der Waals surface area (Å²) in [4.78, 5) is 18.8. The first kappa shape index (κ1) is 19.7. The summed E-state index contributed by atoms with van der Waals surface area (Å²) in [5, 5.41) is 2.78. The highest BCUT2D eigenvalue weighted by atomic mass is 19.4. The Bertz CT molecular complexity index is 1050. The van der Waals surface area contributed by atoms with Crippen LogP contribution in [0.1, 0.15) is 22.7 Å². The first-order valence-corrected chi connectivity index (χ1v) is 9.34. The quantitative estimate of drug-likeness (QED) is 0.601. The summed E-state index contributed by atoms with van der Waals surface area (Å²) >= 11 is 0. The number of rotatable bonds is 4. The van der Waals surface area contributed by atoms with Crippen LogP contribution in [0.4, 0.5) is 23.7 Å². The first-order valence-electron chi connectivity index (χ1n) is 9.34. The molecule has 0 spiro atoms.